The monoisotopic (exact) mass is 352 g/mol. The van der Waals surface area contributed by atoms with E-state index in [4.69, 9.17) is 9.47 Å². The van der Waals surface area contributed by atoms with Crippen LogP contribution in [-0.4, -0.2) is 25.4 Å². The third kappa shape index (κ3) is 4.14. The molecule has 2 aromatic rings. The lowest BCUT2D eigenvalue weighted by Gasteiger charge is -2.18. The summed E-state index contributed by atoms with van der Waals surface area (Å²) in [6.07, 6.45) is 3.56. The number of hydrogen-bond donors (Lipinski definition) is 1. The third-order valence-electron chi connectivity index (χ3n) is 3.59. The first-order chi connectivity index (χ1) is 12.2. The van der Waals surface area contributed by atoms with E-state index in [2.05, 4.69) is 5.32 Å². The number of nitriles is 1. The van der Waals surface area contributed by atoms with Crippen LogP contribution in [0.1, 0.15) is 5.56 Å². The second kappa shape index (κ2) is 7.77. The Kier molecular flexibility index (Phi) is 5.26. The fraction of sp³-hybridized carbons (Fsp3) is 0.158. The molecule has 5 nitrogen and oxygen atoms in total. The molecule has 1 heterocycles. The molecule has 0 radical (unpaired) electrons. The molecule has 25 heavy (non-hydrogen) atoms. The van der Waals surface area contributed by atoms with Gasteiger partial charge in [-0.25, -0.2) is 0 Å². The smallest absolute Gasteiger partial charge is 0.266 e. The maximum absolute atomic E-state index is 12.4. The van der Waals surface area contributed by atoms with E-state index in [1.54, 1.807) is 36.0 Å². The normalized spacial score (nSPS) is 13.0. The second-order valence-electron chi connectivity index (χ2n) is 5.26. The van der Waals surface area contributed by atoms with E-state index in [9.17, 15) is 10.1 Å². The van der Waals surface area contributed by atoms with E-state index in [-0.39, 0.29) is 5.57 Å². The van der Waals surface area contributed by atoms with Gasteiger partial charge in [-0.05, 0) is 42.2 Å². The molecule has 1 aliphatic heterocycles. The quantitative estimate of drug-likeness (QED) is 0.516. The minimum absolute atomic E-state index is 0.0341. The molecule has 1 amide bonds. The van der Waals surface area contributed by atoms with Crippen LogP contribution in [-0.2, 0) is 4.79 Å². The van der Waals surface area contributed by atoms with Crippen LogP contribution in [0.4, 0.5) is 5.69 Å². The Morgan fingerprint density at radius 1 is 1.16 bits per heavy atom. The molecule has 0 saturated carbocycles. The summed E-state index contributed by atoms with van der Waals surface area (Å²) in [5.41, 5.74) is 1.38. The van der Waals surface area contributed by atoms with Crippen molar-refractivity contribution in [3.05, 3.63) is 53.6 Å². The van der Waals surface area contributed by atoms with Crippen molar-refractivity contribution in [3.63, 3.8) is 0 Å². The maximum Gasteiger partial charge on any atom is 0.266 e. The van der Waals surface area contributed by atoms with Crippen LogP contribution < -0.4 is 14.8 Å². The molecule has 0 bridgehead atoms. The topological polar surface area (TPSA) is 71.4 Å². The highest BCUT2D eigenvalue weighted by atomic mass is 32.2. The van der Waals surface area contributed by atoms with Gasteiger partial charge in [0.25, 0.3) is 5.91 Å². The van der Waals surface area contributed by atoms with E-state index in [0.717, 1.165) is 10.5 Å². The molecule has 2 aromatic carbocycles. The molecule has 0 unspecified atom stereocenters. The summed E-state index contributed by atoms with van der Waals surface area (Å²) < 4.78 is 10.9. The molecule has 0 spiro atoms. The van der Waals surface area contributed by atoms with Gasteiger partial charge in [0.1, 0.15) is 24.9 Å². The Morgan fingerprint density at radius 3 is 2.56 bits per heavy atom. The highest BCUT2D eigenvalue weighted by molar-refractivity contribution is 7.98. The van der Waals surface area contributed by atoms with Gasteiger partial charge >= 0.3 is 0 Å². The van der Waals surface area contributed by atoms with Crippen LogP contribution in [0.5, 0.6) is 11.5 Å². The molecule has 0 aliphatic carbocycles. The number of rotatable bonds is 4. The number of hydrogen-bond acceptors (Lipinski definition) is 5. The van der Waals surface area contributed by atoms with E-state index in [1.165, 1.54) is 0 Å². The maximum atomic E-state index is 12.4. The predicted molar refractivity (Wildman–Crippen MR) is 97.9 cm³/mol. The molecular weight excluding hydrogens is 336 g/mol. The summed E-state index contributed by atoms with van der Waals surface area (Å²) in [4.78, 5) is 13.5. The lowest BCUT2D eigenvalue weighted by molar-refractivity contribution is -0.112. The molecule has 0 saturated heterocycles. The van der Waals surface area contributed by atoms with Crippen molar-refractivity contribution in [2.24, 2.45) is 0 Å². The molecular formula is C19H16N2O3S. The first-order valence-electron chi connectivity index (χ1n) is 7.66. The minimum Gasteiger partial charge on any atom is -0.486 e. The van der Waals surface area contributed by atoms with Crippen molar-refractivity contribution in [1.82, 2.24) is 0 Å². The van der Waals surface area contributed by atoms with Crippen LogP contribution in [0.3, 0.4) is 0 Å². The van der Waals surface area contributed by atoms with Gasteiger partial charge in [-0.3, -0.25) is 4.79 Å². The van der Waals surface area contributed by atoms with E-state index in [1.807, 2.05) is 36.6 Å². The van der Waals surface area contributed by atoms with Gasteiger partial charge in [-0.15, -0.1) is 11.8 Å². The Labute approximate surface area is 150 Å². The average molecular weight is 352 g/mol. The second-order valence-corrected chi connectivity index (χ2v) is 6.14. The summed E-state index contributed by atoms with van der Waals surface area (Å²) >= 11 is 1.63. The number of carbonyl (C=O) groups is 1. The third-order valence-corrected chi connectivity index (χ3v) is 4.34. The zero-order chi connectivity index (χ0) is 17.6. The van der Waals surface area contributed by atoms with Gasteiger partial charge in [0.15, 0.2) is 11.5 Å². The molecule has 0 fully saturated rings. The first-order valence-corrected chi connectivity index (χ1v) is 8.89. The number of amides is 1. The predicted octanol–water partition coefficient (Wildman–Crippen LogP) is 3.73. The van der Waals surface area contributed by atoms with Gasteiger partial charge in [-0.2, -0.15) is 5.26 Å². The molecule has 0 atom stereocenters. The molecule has 1 aliphatic rings. The van der Waals surface area contributed by atoms with Gasteiger partial charge in [0.05, 0.1) is 0 Å². The molecule has 1 N–H and O–H groups in total. The zero-order valence-electron chi connectivity index (χ0n) is 13.6. The summed E-state index contributed by atoms with van der Waals surface area (Å²) in [6.45, 7) is 0.981. The van der Waals surface area contributed by atoms with Crippen molar-refractivity contribution in [2.45, 2.75) is 4.90 Å². The molecule has 126 valence electrons. The Morgan fingerprint density at radius 2 is 1.88 bits per heavy atom. The van der Waals surface area contributed by atoms with E-state index >= 15 is 0 Å². The standard InChI is InChI=1S/C19H16N2O3S/c1-25-16-5-2-13(3-6-16)10-14(12-20)19(22)21-15-4-7-17-18(11-15)24-9-8-23-17/h2-7,10-11H,8-9H2,1H3,(H,21,22)/b14-10-. The number of anilines is 1. The zero-order valence-corrected chi connectivity index (χ0v) is 14.4. The van der Waals surface area contributed by atoms with Gasteiger partial charge in [-0.1, -0.05) is 12.1 Å². The summed E-state index contributed by atoms with van der Waals surface area (Å²) in [5, 5.41) is 12.0. The highest BCUT2D eigenvalue weighted by Crippen LogP contribution is 2.32. The van der Waals surface area contributed by atoms with Crippen molar-refractivity contribution in [3.8, 4) is 17.6 Å². The number of nitrogens with zero attached hydrogens (tertiary/aromatic N) is 1. The lowest BCUT2D eigenvalue weighted by atomic mass is 10.1. The fourth-order valence-corrected chi connectivity index (χ4v) is 2.74. The van der Waals surface area contributed by atoms with Crippen LogP contribution in [0.15, 0.2) is 52.9 Å². The first kappa shape index (κ1) is 16.9. The van der Waals surface area contributed by atoms with Crippen molar-refractivity contribution in [2.75, 3.05) is 24.8 Å². The highest BCUT2D eigenvalue weighted by Gasteiger charge is 2.14. The average Bonchev–Trinajstić information content (AvgIpc) is 2.66. The van der Waals surface area contributed by atoms with Gasteiger partial charge < -0.3 is 14.8 Å². The Hall–Kier alpha value is -2.91. The Bertz CT molecular complexity index is 854. The fourth-order valence-electron chi connectivity index (χ4n) is 2.33. The number of fused-ring (bicyclic) bond motifs is 1. The van der Waals surface area contributed by atoms with Gasteiger partial charge in [0.2, 0.25) is 0 Å². The molecule has 3 rings (SSSR count). The number of benzene rings is 2. The molecule has 6 heteroatoms. The van der Waals surface area contributed by atoms with E-state index in [0.29, 0.717) is 30.4 Å². The number of thioether (sulfide) groups is 1. The van der Waals surface area contributed by atoms with Crippen molar-refractivity contribution >= 4 is 29.4 Å². The summed E-state index contributed by atoms with van der Waals surface area (Å²) in [7, 11) is 0. The van der Waals surface area contributed by atoms with E-state index < -0.39 is 5.91 Å². The van der Waals surface area contributed by atoms with Crippen LogP contribution in [0.2, 0.25) is 0 Å². The number of ether oxygens (including phenoxy) is 2. The number of nitrogens with one attached hydrogen (secondary N) is 1. The van der Waals surface area contributed by atoms with Crippen LogP contribution in [0, 0.1) is 11.3 Å². The molecule has 0 aromatic heterocycles. The van der Waals surface area contributed by atoms with Crippen molar-refractivity contribution in [1.29, 1.82) is 5.26 Å². The summed E-state index contributed by atoms with van der Waals surface area (Å²) in [6, 6.07) is 14.7. The lowest BCUT2D eigenvalue weighted by Crippen LogP contribution is -2.17. The minimum atomic E-state index is -0.465. The van der Waals surface area contributed by atoms with Gasteiger partial charge in [0, 0.05) is 16.6 Å². The van der Waals surface area contributed by atoms with Crippen LogP contribution >= 0.6 is 11.8 Å². The van der Waals surface area contributed by atoms with Crippen LogP contribution in [0.25, 0.3) is 6.08 Å². The Balaban J connectivity index is 1.76. The van der Waals surface area contributed by atoms with Crippen molar-refractivity contribution < 1.29 is 14.3 Å². The largest absolute Gasteiger partial charge is 0.486 e. The number of carbonyl (C=O) groups excluding carboxylic acids is 1. The summed E-state index contributed by atoms with van der Waals surface area (Å²) in [5.74, 6) is 0.765. The SMILES string of the molecule is CSc1ccc(/C=C(/C#N)C(=O)Nc2ccc3c(c2)OCCO3)cc1.